The van der Waals surface area contributed by atoms with Crippen LogP contribution in [-0.2, 0) is 10.0 Å². The fraction of sp³-hybridized carbons (Fsp3) is 0.409. The van der Waals surface area contributed by atoms with Gasteiger partial charge in [-0.15, -0.1) is 0 Å². The molecule has 0 saturated carbocycles. The minimum atomic E-state index is -3.62. The maximum Gasteiger partial charge on any atom is 0.255 e. The lowest BCUT2D eigenvalue weighted by Gasteiger charge is -2.32. The van der Waals surface area contributed by atoms with Crippen molar-refractivity contribution < 1.29 is 13.2 Å². The molecular formula is C22H28N2O3S. The number of hydrogen-bond acceptors (Lipinski definition) is 3. The summed E-state index contributed by atoms with van der Waals surface area (Å²) < 4.78 is 27.8. The van der Waals surface area contributed by atoms with E-state index in [1.165, 1.54) is 6.07 Å². The highest BCUT2D eigenvalue weighted by atomic mass is 32.2. The molecule has 150 valence electrons. The number of aryl methyl sites for hydroxylation is 3. The maximum atomic E-state index is 13.1. The Morgan fingerprint density at radius 1 is 1.04 bits per heavy atom. The van der Waals surface area contributed by atoms with E-state index in [4.69, 9.17) is 0 Å². The second-order valence-electron chi connectivity index (χ2n) is 7.71. The Morgan fingerprint density at radius 3 is 2.46 bits per heavy atom. The first-order chi connectivity index (χ1) is 13.2. The molecule has 1 aliphatic heterocycles. The number of carbonyl (C=O) groups excluding carboxylic acids is 1. The Bertz CT molecular complexity index is 999. The number of rotatable bonds is 4. The first-order valence-corrected chi connectivity index (χ1v) is 11.2. The van der Waals surface area contributed by atoms with Crippen molar-refractivity contribution in [2.45, 2.75) is 57.9 Å². The summed E-state index contributed by atoms with van der Waals surface area (Å²) in [6, 6.07) is 10.6. The van der Waals surface area contributed by atoms with Crippen LogP contribution < -0.4 is 5.32 Å². The van der Waals surface area contributed by atoms with Crippen molar-refractivity contribution in [3.8, 4) is 0 Å². The van der Waals surface area contributed by atoms with Gasteiger partial charge in [0.05, 0.1) is 4.90 Å². The predicted molar refractivity (Wildman–Crippen MR) is 112 cm³/mol. The van der Waals surface area contributed by atoms with Crippen LogP contribution in [0.3, 0.4) is 0 Å². The molecule has 5 nitrogen and oxygen atoms in total. The Morgan fingerprint density at radius 2 is 1.79 bits per heavy atom. The van der Waals surface area contributed by atoms with Crippen LogP contribution in [0.15, 0.2) is 41.3 Å². The summed E-state index contributed by atoms with van der Waals surface area (Å²) in [5, 5.41) is 2.91. The van der Waals surface area contributed by atoms with Crippen LogP contribution in [-0.4, -0.2) is 31.2 Å². The summed E-state index contributed by atoms with van der Waals surface area (Å²) in [6.45, 7) is 8.23. The van der Waals surface area contributed by atoms with Gasteiger partial charge < -0.3 is 5.32 Å². The van der Waals surface area contributed by atoms with E-state index in [0.29, 0.717) is 12.1 Å². The summed E-state index contributed by atoms with van der Waals surface area (Å²) in [6.07, 6.45) is 2.78. The molecule has 1 saturated heterocycles. The molecule has 2 aromatic rings. The quantitative estimate of drug-likeness (QED) is 0.826. The van der Waals surface area contributed by atoms with Crippen molar-refractivity contribution in [3.63, 3.8) is 0 Å². The molecule has 0 aliphatic carbocycles. The van der Waals surface area contributed by atoms with E-state index in [0.717, 1.165) is 41.6 Å². The van der Waals surface area contributed by atoms with Gasteiger partial charge in [-0.2, -0.15) is 4.31 Å². The van der Waals surface area contributed by atoms with Crippen LogP contribution in [0.1, 0.15) is 53.2 Å². The Balaban J connectivity index is 1.91. The molecule has 1 heterocycles. The number of carbonyl (C=O) groups is 1. The average Bonchev–Trinajstić information content (AvgIpc) is 2.64. The van der Waals surface area contributed by atoms with Gasteiger partial charge in [0.1, 0.15) is 0 Å². The molecule has 28 heavy (non-hydrogen) atoms. The third-order valence-corrected chi connectivity index (χ3v) is 7.44. The lowest BCUT2D eigenvalue weighted by atomic mass is 10.1. The average molecular weight is 401 g/mol. The van der Waals surface area contributed by atoms with Gasteiger partial charge in [0, 0.05) is 23.8 Å². The number of sulfonamides is 1. The smallest absolute Gasteiger partial charge is 0.255 e. The second kappa shape index (κ2) is 8.05. The van der Waals surface area contributed by atoms with E-state index >= 15 is 0 Å². The monoisotopic (exact) mass is 400 g/mol. The van der Waals surface area contributed by atoms with E-state index < -0.39 is 10.0 Å². The van der Waals surface area contributed by atoms with Gasteiger partial charge in [0.25, 0.3) is 5.91 Å². The molecular weight excluding hydrogens is 372 g/mol. The van der Waals surface area contributed by atoms with E-state index in [2.05, 4.69) is 5.32 Å². The van der Waals surface area contributed by atoms with Crippen molar-refractivity contribution in [1.82, 2.24) is 4.31 Å². The third-order valence-electron chi connectivity index (χ3n) is 5.43. The van der Waals surface area contributed by atoms with Gasteiger partial charge in [-0.1, -0.05) is 30.2 Å². The Hall–Kier alpha value is -2.18. The molecule has 6 heteroatoms. The molecule has 1 N–H and O–H groups in total. The minimum Gasteiger partial charge on any atom is -0.322 e. The van der Waals surface area contributed by atoms with Crippen LogP contribution in [0.5, 0.6) is 0 Å². The first-order valence-electron chi connectivity index (χ1n) is 9.71. The van der Waals surface area contributed by atoms with Gasteiger partial charge >= 0.3 is 0 Å². The van der Waals surface area contributed by atoms with Gasteiger partial charge in [0.15, 0.2) is 0 Å². The SMILES string of the molecule is Cc1ccc(NC(=O)c2cc(S(=O)(=O)N3CCCCC3C)ccc2C)c(C)c1. The van der Waals surface area contributed by atoms with Crippen LogP contribution >= 0.6 is 0 Å². The summed E-state index contributed by atoms with van der Waals surface area (Å²) >= 11 is 0. The molecule has 0 radical (unpaired) electrons. The van der Waals surface area contributed by atoms with Crippen LogP contribution in [0.2, 0.25) is 0 Å². The number of nitrogens with zero attached hydrogens (tertiary/aromatic N) is 1. The summed E-state index contributed by atoms with van der Waals surface area (Å²) in [7, 11) is -3.62. The fourth-order valence-electron chi connectivity index (χ4n) is 3.71. The second-order valence-corrected chi connectivity index (χ2v) is 9.60. The van der Waals surface area contributed by atoms with Crippen molar-refractivity contribution in [1.29, 1.82) is 0 Å². The summed E-state index contributed by atoms with van der Waals surface area (Å²) in [5.74, 6) is -0.298. The molecule has 0 spiro atoms. The zero-order chi connectivity index (χ0) is 20.5. The Kier molecular flexibility index (Phi) is 5.91. The molecule has 3 rings (SSSR count). The van der Waals surface area contributed by atoms with E-state index in [-0.39, 0.29) is 16.8 Å². The van der Waals surface area contributed by atoms with E-state index in [9.17, 15) is 13.2 Å². The molecule has 1 unspecified atom stereocenters. The van der Waals surface area contributed by atoms with Crippen molar-refractivity contribution in [2.75, 3.05) is 11.9 Å². The zero-order valence-corrected chi connectivity index (χ0v) is 17.8. The Labute approximate surface area is 167 Å². The molecule has 0 bridgehead atoms. The number of benzene rings is 2. The normalized spacial score (nSPS) is 18.1. The number of anilines is 1. The lowest BCUT2D eigenvalue weighted by molar-refractivity contribution is 0.102. The topological polar surface area (TPSA) is 66.5 Å². The summed E-state index contributed by atoms with van der Waals surface area (Å²) in [4.78, 5) is 13.1. The minimum absolute atomic E-state index is 0.0208. The van der Waals surface area contributed by atoms with E-state index in [1.807, 2.05) is 45.9 Å². The number of nitrogens with one attached hydrogen (secondary N) is 1. The largest absolute Gasteiger partial charge is 0.322 e. The lowest BCUT2D eigenvalue weighted by Crippen LogP contribution is -2.42. The summed E-state index contributed by atoms with van der Waals surface area (Å²) in [5.41, 5.74) is 3.94. The molecule has 1 amide bonds. The molecule has 1 atom stereocenters. The molecule has 1 fully saturated rings. The zero-order valence-electron chi connectivity index (χ0n) is 17.0. The van der Waals surface area contributed by atoms with Gasteiger partial charge in [-0.05, 0) is 69.9 Å². The highest BCUT2D eigenvalue weighted by Crippen LogP contribution is 2.27. The van der Waals surface area contributed by atoms with Crippen LogP contribution in [0, 0.1) is 20.8 Å². The molecule has 2 aromatic carbocycles. The van der Waals surface area contributed by atoms with Crippen molar-refractivity contribution >= 4 is 21.6 Å². The van der Waals surface area contributed by atoms with Crippen LogP contribution in [0.25, 0.3) is 0 Å². The molecule has 0 aromatic heterocycles. The van der Waals surface area contributed by atoms with Crippen LogP contribution in [0.4, 0.5) is 5.69 Å². The number of piperidine rings is 1. The van der Waals surface area contributed by atoms with E-state index in [1.54, 1.807) is 16.4 Å². The number of amides is 1. The highest BCUT2D eigenvalue weighted by Gasteiger charge is 2.31. The standard InChI is InChI=1S/C22H28N2O3S/c1-15-8-11-21(17(3)13-15)23-22(25)20-14-19(10-9-16(20)2)28(26,27)24-12-6-5-7-18(24)4/h8-11,13-14,18H,5-7,12H2,1-4H3,(H,23,25). The maximum absolute atomic E-state index is 13.1. The van der Waals surface area contributed by atoms with Gasteiger partial charge in [-0.25, -0.2) is 8.42 Å². The fourth-order valence-corrected chi connectivity index (χ4v) is 5.44. The van der Waals surface area contributed by atoms with Gasteiger partial charge in [-0.3, -0.25) is 4.79 Å². The van der Waals surface area contributed by atoms with Gasteiger partial charge in [0.2, 0.25) is 10.0 Å². The molecule has 1 aliphatic rings. The first kappa shape index (κ1) is 20.6. The van der Waals surface area contributed by atoms with Crippen molar-refractivity contribution in [2.24, 2.45) is 0 Å². The van der Waals surface area contributed by atoms with Crippen molar-refractivity contribution in [3.05, 3.63) is 58.7 Å². The highest BCUT2D eigenvalue weighted by molar-refractivity contribution is 7.89. The predicted octanol–water partition coefficient (Wildman–Crippen LogP) is 4.43. The third kappa shape index (κ3) is 4.13. The number of hydrogen-bond donors (Lipinski definition) is 1.